The highest BCUT2D eigenvalue weighted by atomic mass is 16.5. The average Bonchev–Trinajstić information content (AvgIpc) is 2.90. The number of nitrogens with zero attached hydrogens (tertiary/aromatic N) is 1. The summed E-state index contributed by atoms with van der Waals surface area (Å²) < 4.78 is 10.8. The average molecular weight is 485 g/mol. The predicted molar refractivity (Wildman–Crippen MR) is 143 cm³/mol. The fourth-order valence-electron chi connectivity index (χ4n) is 4.38. The van der Waals surface area contributed by atoms with Crippen molar-refractivity contribution in [3.05, 3.63) is 105 Å². The number of aromatic amines is 1. The Balaban J connectivity index is 1.67. The topological polar surface area (TPSA) is 71.6 Å². The minimum absolute atomic E-state index is 0.101. The summed E-state index contributed by atoms with van der Waals surface area (Å²) in [5, 5.41) is 0.965. The van der Waals surface area contributed by atoms with Crippen LogP contribution in [-0.2, 0) is 19.4 Å². The number of pyridine rings is 1. The van der Waals surface area contributed by atoms with Crippen molar-refractivity contribution in [3.8, 4) is 11.5 Å². The summed E-state index contributed by atoms with van der Waals surface area (Å²) in [5.41, 5.74) is 4.92. The lowest BCUT2D eigenvalue weighted by Gasteiger charge is -2.24. The van der Waals surface area contributed by atoms with Crippen molar-refractivity contribution in [3.63, 3.8) is 0 Å². The molecule has 6 nitrogen and oxygen atoms in total. The van der Waals surface area contributed by atoms with Crippen LogP contribution in [0.25, 0.3) is 10.9 Å². The smallest absolute Gasteiger partial charge is 0.254 e. The molecule has 0 aliphatic rings. The first-order valence-corrected chi connectivity index (χ1v) is 12.1. The number of carbonyl (C=O) groups excluding carboxylic acids is 1. The van der Waals surface area contributed by atoms with E-state index in [-0.39, 0.29) is 18.0 Å². The van der Waals surface area contributed by atoms with Crippen molar-refractivity contribution < 1.29 is 14.3 Å². The Bertz CT molecular complexity index is 1440. The van der Waals surface area contributed by atoms with Gasteiger partial charge >= 0.3 is 0 Å². The number of aromatic nitrogens is 1. The zero-order valence-electron chi connectivity index (χ0n) is 21.3. The number of nitrogens with one attached hydrogen (secondary N) is 1. The summed E-state index contributed by atoms with van der Waals surface area (Å²) >= 11 is 0. The van der Waals surface area contributed by atoms with E-state index in [2.05, 4.69) is 18.0 Å². The predicted octanol–water partition coefficient (Wildman–Crippen LogP) is 5.30. The van der Waals surface area contributed by atoms with Crippen LogP contribution in [0.15, 0.2) is 71.5 Å². The van der Waals surface area contributed by atoms with E-state index in [1.807, 2.05) is 67.6 Å². The molecule has 0 aliphatic carbocycles. The third kappa shape index (κ3) is 5.43. The van der Waals surface area contributed by atoms with E-state index in [0.717, 1.165) is 28.5 Å². The molecule has 0 aliphatic heterocycles. The molecule has 0 unspecified atom stereocenters. The van der Waals surface area contributed by atoms with Crippen molar-refractivity contribution >= 4 is 16.8 Å². The number of hydrogen-bond donors (Lipinski definition) is 1. The molecule has 0 saturated carbocycles. The molecule has 1 heterocycles. The van der Waals surface area contributed by atoms with Crippen LogP contribution in [0.4, 0.5) is 0 Å². The van der Waals surface area contributed by atoms with Crippen molar-refractivity contribution in [2.75, 3.05) is 20.8 Å². The molecule has 0 bridgehead atoms. The molecule has 0 radical (unpaired) electrons. The maximum Gasteiger partial charge on any atom is 0.254 e. The van der Waals surface area contributed by atoms with Gasteiger partial charge in [-0.1, -0.05) is 37.3 Å². The maximum absolute atomic E-state index is 13.7. The Labute approximate surface area is 211 Å². The van der Waals surface area contributed by atoms with Crippen LogP contribution in [-0.4, -0.2) is 36.6 Å². The highest BCUT2D eigenvalue weighted by Gasteiger charge is 2.20. The van der Waals surface area contributed by atoms with Gasteiger partial charge in [0.15, 0.2) is 11.5 Å². The standard InChI is InChI=1S/C30H32N2O4/c1-5-21-10-12-26-23(16-21)18-24(29(33)31-26)19-32(30(34)25-9-7-6-8-20(25)2)15-14-22-11-13-27(35-3)28(17-22)36-4/h6-13,16-18H,5,14-15,19H2,1-4H3,(H,31,33). The number of ether oxygens (including phenoxy) is 2. The van der Waals surface area contributed by atoms with Crippen LogP contribution in [0.3, 0.4) is 0 Å². The second-order valence-corrected chi connectivity index (χ2v) is 8.88. The normalized spacial score (nSPS) is 10.9. The number of carbonyl (C=O) groups is 1. The highest BCUT2D eigenvalue weighted by molar-refractivity contribution is 5.95. The van der Waals surface area contributed by atoms with E-state index < -0.39 is 0 Å². The summed E-state index contributed by atoms with van der Waals surface area (Å²) in [5.74, 6) is 1.20. The van der Waals surface area contributed by atoms with Gasteiger partial charge in [-0.2, -0.15) is 0 Å². The number of methoxy groups -OCH3 is 2. The first-order valence-electron chi connectivity index (χ1n) is 12.1. The number of hydrogen-bond acceptors (Lipinski definition) is 4. The molecule has 36 heavy (non-hydrogen) atoms. The van der Waals surface area contributed by atoms with Crippen LogP contribution in [0, 0.1) is 6.92 Å². The van der Waals surface area contributed by atoms with Crippen LogP contribution >= 0.6 is 0 Å². The van der Waals surface area contributed by atoms with Crippen LogP contribution in [0.1, 0.15) is 39.5 Å². The zero-order chi connectivity index (χ0) is 25.7. The molecule has 0 spiro atoms. The van der Waals surface area contributed by atoms with Crippen molar-refractivity contribution in [2.24, 2.45) is 0 Å². The van der Waals surface area contributed by atoms with Gasteiger partial charge in [0.25, 0.3) is 11.5 Å². The lowest BCUT2D eigenvalue weighted by Crippen LogP contribution is -2.35. The molecule has 186 valence electrons. The van der Waals surface area contributed by atoms with Gasteiger partial charge in [0.05, 0.1) is 20.8 Å². The summed E-state index contributed by atoms with van der Waals surface area (Å²) in [7, 11) is 3.20. The third-order valence-corrected chi connectivity index (χ3v) is 6.54. The van der Waals surface area contributed by atoms with Crippen molar-refractivity contribution in [1.82, 2.24) is 9.88 Å². The number of amides is 1. The van der Waals surface area contributed by atoms with Crippen molar-refractivity contribution in [1.29, 1.82) is 0 Å². The Hall–Kier alpha value is -4.06. The summed E-state index contributed by atoms with van der Waals surface area (Å²) in [4.78, 5) is 31.3. The van der Waals surface area contributed by atoms with E-state index in [0.29, 0.717) is 35.6 Å². The SMILES string of the molecule is CCc1ccc2[nH]c(=O)c(CN(CCc3ccc(OC)c(OC)c3)C(=O)c3ccccc3C)cc2c1. The van der Waals surface area contributed by atoms with Gasteiger partial charge in [0.2, 0.25) is 0 Å². The van der Waals surface area contributed by atoms with E-state index in [9.17, 15) is 9.59 Å². The van der Waals surface area contributed by atoms with Gasteiger partial charge in [-0.05, 0) is 78.2 Å². The molecule has 0 atom stereocenters. The number of aryl methyl sites for hydroxylation is 2. The van der Waals surface area contributed by atoms with Gasteiger partial charge in [-0.15, -0.1) is 0 Å². The van der Waals surface area contributed by atoms with Crippen LogP contribution < -0.4 is 15.0 Å². The monoisotopic (exact) mass is 484 g/mol. The van der Waals surface area contributed by atoms with Gasteiger partial charge in [-0.3, -0.25) is 9.59 Å². The van der Waals surface area contributed by atoms with Crippen LogP contribution in [0.2, 0.25) is 0 Å². The lowest BCUT2D eigenvalue weighted by molar-refractivity contribution is 0.0744. The second kappa shape index (κ2) is 11.1. The first kappa shape index (κ1) is 25.0. The van der Waals surface area contributed by atoms with Gasteiger partial charge in [0, 0.05) is 23.2 Å². The lowest BCUT2D eigenvalue weighted by atomic mass is 10.0. The van der Waals surface area contributed by atoms with Crippen molar-refractivity contribution in [2.45, 2.75) is 33.2 Å². The summed E-state index contributed by atoms with van der Waals surface area (Å²) in [6.07, 6.45) is 1.51. The van der Waals surface area contributed by atoms with Gasteiger partial charge in [-0.25, -0.2) is 0 Å². The Morgan fingerprint density at radius 2 is 1.67 bits per heavy atom. The summed E-state index contributed by atoms with van der Waals surface area (Å²) in [6, 6.07) is 21.2. The quantitative estimate of drug-likeness (QED) is 0.350. The Morgan fingerprint density at radius 1 is 0.917 bits per heavy atom. The molecule has 6 heteroatoms. The Kier molecular flexibility index (Phi) is 7.74. The fraction of sp³-hybridized carbons (Fsp3) is 0.267. The van der Waals surface area contributed by atoms with E-state index in [4.69, 9.17) is 9.47 Å². The minimum atomic E-state index is -0.180. The molecule has 1 aromatic heterocycles. The molecule has 1 amide bonds. The molecule has 0 saturated heterocycles. The molecular weight excluding hydrogens is 452 g/mol. The largest absolute Gasteiger partial charge is 0.493 e. The van der Waals surface area contributed by atoms with E-state index in [1.54, 1.807) is 19.1 Å². The molecular formula is C30H32N2O4. The molecule has 1 N–H and O–H groups in total. The van der Waals surface area contributed by atoms with Crippen LogP contribution in [0.5, 0.6) is 11.5 Å². The van der Waals surface area contributed by atoms with Gasteiger partial charge in [0.1, 0.15) is 0 Å². The van der Waals surface area contributed by atoms with E-state index in [1.165, 1.54) is 5.56 Å². The molecule has 0 fully saturated rings. The Morgan fingerprint density at radius 3 is 2.39 bits per heavy atom. The van der Waals surface area contributed by atoms with Gasteiger partial charge < -0.3 is 19.4 Å². The number of fused-ring (bicyclic) bond motifs is 1. The second-order valence-electron chi connectivity index (χ2n) is 8.88. The zero-order valence-corrected chi connectivity index (χ0v) is 21.3. The maximum atomic E-state index is 13.7. The third-order valence-electron chi connectivity index (χ3n) is 6.54. The molecule has 3 aromatic carbocycles. The molecule has 4 rings (SSSR count). The van der Waals surface area contributed by atoms with E-state index >= 15 is 0 Å². The highest BCUT2D eigenvalue weighted by Crippen LogP contribution is 2.28. The summed E-state index contributed by atoms with van der Waals surface area (Å²) in [6.45, 7) is 4.68. The number of H-pyrrole nitrogens is 1. The fourth-order valence-corrected chi connectivity index (χ4v) is 4.38. The minimum Gasteiger partial charge on any atom is -0.493 e. The number of rotatable bonds is 9. The number of benzene rings is 3. The molecule has 4 aromatic rings. The first-order chi connectivity index (χ1) is 17.4.